The largest absolute Gasteiger partial charge is 0.481 e. The van der Waals surface area contributed by atoms with Gasteiger partial charge in [-0.15, -0.1) is 11.3 Å². The zero-order chi connectivity index (χ0) is 21.1. The number of aryl methyl sites for hydroxylation is 1. The van der Waals surface area contributed by atoms with Gasteiger partial charge in [0.15, 0.2) is 0 Å². The molecule has 1 amide bonds. The van der Waals surface area contributed by atoms with Gasteiger partial charge in [0.05, 0.1) is 5.69 Å². The summed E-state index contributed by atoms with van der Waals surface area (Å²) in [7, 11) is 0. The SMILES string of the molecule is Cc1nc(-c2ccc(F)cc2)sc1C(=O)NCCCCCCCCCCC(=O)O. The Kier molecular flexibility index (Phi) is 9.77. The summed E-state index contributed by atoms with van der Waals surface area (Å²) in [6.45, 7) is 2.45. The van der Waals surface area contributed by atoms with Gasteiger partial charge in [-0.25, -0.2) is 9.37 Å². The fourth-order valence-corrected chi connectivity index (χ4v) is 4.06. The molecule has 2 aromatic rings. The highest BCUT2D eigenvalue weighted by Crippen LogP contribution is 2.28. The minimum atomic E-state index is -0.716. The lowest BCUT2D eigenvalue weighted by atomic mass is 10.1. The second-order valence-corrected chi connectivity index (χ2v) is 8.17. The average Bonchev–Trinajstić information content (AvgIpc) is 3.08. The van der Waals surface area contributed by atoms with Crippen LogP contribution in [0.15, 0.2) is 24.3 Å². The van der Waals surface area contributed by atoms with Crippen LogP contribution in [0.3, 0.4) is 0 Å². The topological polar surface area (TPSA) is 79.3 Å². The summed E-state index contributed by atoms with van der Waals surface area (Å²) in [6.07, 6.45) is 8.52. The van der Waals surface area contributed by atoms with Gasteiger partial charge in [-0.05, 0) is 44.0 Å². The van der Waals surface area contributed by atoms with Crippen LogP contribution in [0.2, 0.25) is 0 Å². The van der Waals surface area contributed by atoms with Crippen LogP contribution in [0, 0.1) is 12.7 Å². The zero-order valence-electron chi connectivity index (χ0n) is 16.9. The maximum absolute atomic E-state index is 13.1. The molecule has 158 valence electrons. The first-order valence-electron chi connectivity index (χ1n) is 10.2. The van der Waals surface area contributed by atoms with Gasteiger partial charge in [0.25, 0.3) is 5.91 Å². The molecule has 0 saturated heterocycles. The second kappa shape index (κ2) is 12.3. The van der Waals surface area contributed by atoms with Gasteiger partial charge < -0.3 is 10.4 Å². The van der Waals surface area contributed by atoms with Crippen LogP contribution in [0.4, 0.5) is 4.39 Å². The maximum Gasteiger partial charge on any atom is 0.303 e. The number of nitrogens with zero attached hydrogens (tertiary/aromatic N) is 1. The van der Waals surface area contributed by atoms with Gasteiger partial charge >= 0.3 is 5.97 Å². The predicted octanol–water partition coefficient (Wildman–Crippen LogP) is 5.58. The van der Waals surface area contributed by atoms with E-state index in [2.05, 4.69) is 10.3 Å². The highest BCUT2D eigenvalue weighted by atomic mass is 32.1. The van der Waals surface area contributed by atoms with Crippen LogP contribution in [0.25, 0.3) is 10.6 Å². The molecule has 2 N–H and O–H groups in total. The molecule has 2 rings (SSSR count). The minimum Gasteiger partial charge on any atom is -0.481 e. The molecule has 0 radical (unpaired) electrons. The van der Waals surface area contributed by atoms with Gasteiger partial charge in [-0.1, -0.05) is 38.5 Å². The number of hydrogen-bond donors (Lipinski definition) is 2. The molecular weight excluding hydrogens is 391 g/mol. The van der Waals surface area contributed by atoms with E-state index in [9.17, 15) is 14.0 Å². The first-order chi connectivity index (χ1) is 14.0. The normalized spacial score (nSPS) is 10.8. The van der Waals surface area contributed by atoms with Crippen molar-refractivity contribution in [2.45, 2.75) is 64.7 Å². The standard InChI is InChI=1S/C22H29FN2O3S/c1-16-20(29-22(25-16)17-11-13-18(23)14-12-17)21(28)24-15-9-7-5-3-2-4-6-8-10-19(26)27/h11-14H,2-10,15H2,1H3,(H,24,28)(H,26,27). The van der Waals surface area contributed by atoms with Crippen LogP contribution in [-0.4, -0.2) is 28.5 Å². The van der Waals surface area contributed by atoms with Crippen LogP contribution in [-0.2, 0) is 4.79 Å². The molecule has 1 heterocycles. The van der Waals surface area contributed by atoms with Crippen LogP contribution in [0.1, 0.15) is 73.2 Å². The summed E-state index contributed by atoms with van der Waals surface area (Å²) in [4.78, 5) is 27.9. The number of aromatic nitrogens is 1. The first-order valence-corrected chi connectivity index (χ1v) is 11.0. The van der Waals surface area contributed by atoms with E-state index in [4.69, 9.17) is 5.11 Å². The van der Waals surface area contributed by atoms with Gasteiger partial charge in [0.2, 0.25) is 0 Å². The number of carbonyl (C=O) groups is 2. The van der Waals surface area contributed by atoms with Crippen molar-refractivity contribution in [1.29, 1.82) is 0 Å². The average molecular weight is 421 g/mol. The van der Waals surface area contributed by atoms with Crippen molar-refractivity contribution in [3.8, 4) is 10.6 Å². The van der Waals surface area contributed by atoms with Crippen molar-refractivity contribution in [1.82, 2.24) is 10.3 Å². The lowest BCUT2D eigenvalue weighted by Crippen LogP contribution is -2.24. The number of unbranched alkanes of at least 4 members (excludes halogenated alkanes) is 7. The smallest absolute Gasteiger partial charge is 0.303 e. The molecule has 0 bridgehead atoms. The summed E-state index contributed by atoms with van der Waals surface area (Å²) >= 11 is 1.33. The number of carbonyl (C=O) groups excluding carboxylic acids is 1. The van der Waals surface area contributed by atoms with Gasteiger partial charge in [0, 0.05) is 18.5 Å². The highest BCUT2D eigenvalue weighted by Gasteiger charge is 2.15. The van der Waals surface area contributed by atoms with E-state index in [1.54, 1.807) is 12.1 Å². The zero-order valence-corrected chi connectivity index (χ0v) is 17.7. The van der Waals surface area contributed by atoms with Crippen molar-refractivity contribution in [3.63, 3.8) is 0 Å². The Hall–Kier alpha value is -2.28. The number of halogens is 1. The molecule has 0 aliphatic rings. The molecule has 0 atom stereocenters. The van der Waals surface area contributed by atoms with Crippen LogP contribution >= 0.6 is 11.3 Å². The Morgan fingerprint density at radius 2 is 1.59 bits per heavy atom. The quantitative estimate of drug-likeness (QED) is 0.414. The molecule has 0 spiro atoms. The number of nitrogens with one attached hydrogen (secondary N) is 1. The monoisotopic (exact) mass is 420 g/mol. The van der Waals surface area contributed by atoms with Gasteiger partial charge in [-0.2, -0.15) is 0 Å². The maximum atomic E-state index is 13.1. The van der Waals surface area contributed by atoms with Crippen molar-refractivity contribution < 1.29 is 19.1 Å². The van der Waals surface area contributed by atoms with Crippen molar-refractivity contribution in [2.75, 3.05) is 6.54 Å². The Bertz CT molecular complexity index is 790. The Morgan fingerprint density at radius 1 is 1.00 bits per heavy atom. The molecule has 1 aromatic heterocycles. The van der Waals surface area contributed by atoms with Crippen molar-refractivity contribution in [3.05, 3.63) is 40.7 Å². The third-order valence-corrected chi connectivity index (χ3v) is 5.90. The molecule has 5 nitrogen and oxygen atoms in total. The Balaban J connectivity index is 1.61. The van der Waals surface area contributed by atoms with E-state index in [0.29, 0.717) is 17.1 Å². The Labute approximate surface area is 175 Å². The van der Waals surface area contributed by atoms with Gasteiger partial charge in [0.1, 0.15) is 15.7 Å². The summed E-state index contributed by atoms with van der Waals surface area (Å²) in [6, 6.07) is 6.12. The van der Waals surface area contributed by atoms with Crippen molar-refractivity contribution in [2.24, 2.45) is 0 Å². The molecule has 0 saturated carbocycles. The number of hydrogen-bond acceptors (Lipinski definition) is 4. The lowest BCUT2D eigenvalue weighted by Gasteiger charge is -2.04. The van der Waals surface area contributed by atoms with Gasteiger partial charge in [-0.3, -0.25) is 9.59 Å². The number of rotatable bonds is 13. The molecule has 29 heavy (non-hydrogen) atoms. The molecule has 1 aromatic carbocycles. The van der Waals surface area contributed by atoms with E-state index in [-0.39, 0.29) is 18.1 Å². The molecule has 0 aliphatic heterocycles. The molecular formula is C22H29FN2O3S. The fourth-order valence-electron chi connectivity index (χ4n) is 3.07. The number of thiazole rings is 1. The molecule has 0 aliphatic carbocycles. The van der Waals surface area contributed by atoms with E-state index >= 15 is 0 Å². The molecule has 7 heteroatoms. The van der Waals surface area contributed by atoms with E-state index in [0.717, 1.165) is 61.9 Å². The highest BCUT2D eigenvalue weighted by molar-refractivity contribution is 7.17. The van der Waals surface area contributed by atoms with Crippen molar-refractivity contribution >= 4 is 23.2 Å². The number of aliphatic carboxylic acids is 1. The number of benzene rings is 1. The Morgan fingerprint density at radius 3 is 2.21 bits per heavy atom. The predicted molar refractivity (Wildman–Crippen MR) is 114 cm³/mol. The van der Waals surface area contributed by atoms with E-state index in [1.165, 1.54) is 23.5 Å². The second-order valence-electron chi connectivity index (χ2n) is 7.17. The fraction of sp³-hybridized carbons (Fsp3) is 0.500. The summed E-state index contributed by atoms with van der Waals surface area (Å²) in [5.74, 6) is -1.11. The molecule has 0 fully saturated rings. The van der Waals surface area contributed by atoms with Crippen LogP contribution < -0.4 is 5.32 Å². The summed E-state index contributed by atoms with van der Waals surface area (Å²) in [5, 5.41) is 12.3. The van der Waals surface area contributed by atoms with E-state index < -0.39 is 5.97 Å². The summed E-state index contributed by atoms with van der Waals surface area (Å²) < 4.78 is 13.1. The minimum absolute atomic E-state index is 0.105. The number of amides is 1. The summed E-state index contributed by atoms with van der Waals surface area (Å²) in [5.41, 5.74) is 1.50. The number of carboxylic acid groups (broad SMARTS) is 1. The number of carboxylic acids is 1. The van der Waals surface area contributed by atoms with E-state index in [1.807, 2.05) is 6.92 Å². The first kappa shape index (κ1) is 23.0. The third-order valence-electron chi connectivity index (χ3n) is 4.70. The molecule has 0 unspecified atom stereocenters. The third kappa shape index (κ3) is 8.31. The lowest BCUT2D eigenvalue weighted by molar-refractivity contribution is -0.137. The van der Waals surface area contributed by atoms with Crippen LogP contribution in [0.5, 0.6) is 0 Å².